The van der Waals surface area contributed by atoms with E-state index in [-0.39, 0.29) is 0 Å². The number of benzene rings is 1. The second-order valence-electron chi connectivity index (χ2n) is 5.08. The lowest BCUT2D eigenvalue weighted by Gasteiger charge is -2.34. The van der Waals surface area contributed by atoms with E-state index in [2.05, 4.69) is 38.1 Å². The molecule has 0 aliphatic heterocycles. The summed E-state index contributed by atoms with van der Waals surface area (Å²) in [4.78, 5) is 0. The maximum Gasteiger partial charge on any atom is 0.00728 e. The number of fused-ring (bicyclic) bond motifs is 1. The smallest absolute Gasteiger partial charge is 0.00728 e. The van der Waals surface area contributed by atoms with Gasteiger partial charge in [-0.05, 0) is 35.8 Å². The molecule has 0 amide bonds. The maximum absolute atomic E-state index is 6.31. The molecule has 0 heterocycles. The molecule has 0 saturated heterocycles. The molecule has 2 unspecified atom stereocenters. The molecule has 0 aromatic heterocycles. The highest BCUT2D eigenvalue weighted by Gasteiger charge is 2.28. The third-order valence-electron chi connectivity index (χ3n) is 4.17. The zero-order valence-electron chi connectivity index (χ0n) is 10.4. The number of hydrogen-bond acceptors (Lipinski definition) is 1. The van der Waals surface area contributed by atoms with E-state index in [1.54, 1.807) is 5.56 Å². The van der Waals surface area contributed by atoms with Gasteiger partial charge in [0.1, 0.15) is 0 Å². The molecular weight excluding hydrogens is 194 g/mol. The molecule has 1 heteroatoms. The zero-order chi connectivity index (χ0) is 11.5. The zero-order valence-corrected chi connectivity index (χ0v) is 10.4. The van der Waals surface area contributed by atoms with Crippen molar-refractivity contribution in [3.8, 4) is 0 Å². The minimum Gasteiger partial charge on any atom is -0.327 e. The maximum atomic E-state index is 6.31. The van der Waals surface area contributed by atoms with E-state index in [0.717, 1.165) is 5.92 Å². The third kappa shape index (κ3) is 2.15. The van der Waals surface area contributed by atoms with Gasteiger partial charge in [-0.2, -0.15) is 0 Å². The van der Waals surface area contributed by atoms with Crippen LogP contribution in [0.25, 0.3) is 0 Å². The van der Waals surface area contributed by atoms with E-state index >= 15 is 0 Å². The Labute approximate surface area is 99.0 Å². The van der Waals surface area contributed by atoms with Gasteiger partial charge in [0.25, 0.3) is 0 Å². The summed E-state index contributed by atoms with van der Waals surface area (Å²) >= 11 is 0. The van der Waals surface area contributed by atoms with Crippen LogP contribution in [0, 0.1) is 5.92 Å². The lowest BCUT2D eigenvalue weighted by molar-refractivity contribution is 0.346. The van der Waals surface area contributed by atoms with Crippen molar-refractivity contribution in [2.24, 2.45) is 11.7 Å². The van der Waals surface area contributed by atoms with Gasteiger partial charge in [-0.3, -0.25) is 0 Å². The average molecular weight is 217 g/mol. The number of rotatable bonds is 5. The van der Waals surface area contributed by atoms with Gasteiger partial charge >= 0.3 is 0 Å². The lowest BCUT2D eigenvalue weighted by atomic mass is 9.72. The summed E-state index contributed by atoms with van der Waals surface area (Å²) < 4.78 is 0. The van der Waals surface area contributed by atoms with Gasteiger partial charge in [0.2, 0.25) is 0 Å². The van der Waals surface area contributed by atoms with Crippen LogP contribution in [0.5, 0.6) is 0 Å². The largest absolute Gasteiger partial charge is 0.327 e. The van der Waals surface area contributed by atoms with Crippen molar-refractivity contribution >= 4 is 0 Å². The summed E-state index contributed by atoms with van der Waals surface area (Å²) in [5, 5.41) is 0. The summed E-state index contributed by atoms with van der Waals surface area (Å²) in [6, 6.07) is 9.18. The van der Waals surface area contributed by atoms with E-state index in [4.69, 9.17) is 5.73 Å². The predicted molar refractivity (Wildman–Crippen MR) is 69.6 cm³/mol. The molecule has 2 rings (SSSR count). The predicted octanol–water partition coefficient (Wildman–Crippen LogP) is 3.48. The van der Waals surface area contributed by atoms with E-state index in [1.807, 2.05) is 0 Å². The van der Waals surface area contributed by atoms with Crippen molar-refractivity contribution in [3.05, 3.63) is 35.4 Å². The van der Waals surface area contributed by atoms with Crippen LogP contribution in [0.1, 0.15) is 50.2 Å². The molecule has 0 spiro atoms. The van der Waals surface area contributed by atoms with E-state index in [9.17, 15) is 0 Å². The molecule has 1 aliphatic carbocycles. The molecule has 1 aromatic rings. The van der Waals surface area contributed by atoms with Crippen molar-refractivity contribution < 1.29 is 0 Å². The summed E-state index contributed by atoms with van der Waals surface area (Å²) in [7, 11) is 0. The first-order valence-electron chi connectivity index (χ1n) is 6.59. The molecule has 16 heavy (non-hydrogen) atoms. The Bertz CT molecular complexity index is 341. The summed E-state index contributed by atoms with van der Waals surface area (Å²) in [5.74, 6) is 1.43. The number of hydrogen-bond donors (Lipinski definition) is 1. The van der Waals surface area contributed by atoms with Crippen LogP contribution < -0.4 is 5.73 Å². The topological polar surface area (TPSA) is 26.0 Å². The first kappa shape index (κ1) is 11.7. The molecule has 0 radical (unpaired) electrons. The molecule has 0 fully saturated rings. The van der Waals surface area contributed by atoms with Gasteiger partial charge in [0.15, 0.2) is 0 Å². The summed E-state index contributed by atoms with van der Waals surface area (Å²) in [5.41, 5.74) is 9.38. The molecule has 1 nitrogen and oxygen atoms in total. The van der Waals surface area contributed by atoms with Gasteiger partial charge < -0.3 is 5.73 Å². The normalized spacial score (nSPS) is 20.4. The van der Waals surface area contributed by atoms with Crippen molar-refractivity contribution in [1.29, 1.82) is 0 Å². The van der Waals surface area contributed by atoms with Crippen molar-refractivity contribution in [3.63, 3.8) is 0 Å². The van der Waals surface area contributed by atoms with Crippen LogP contribution in [0.15, 0.2) is 24.3 Å². The van der Waals surface area contributed by atoms with E-state index < -0.39 is 0 Å². The van der Waals surface area contributed by atoms with Crippen LogP contribution in [-0.4, -0.2) is 6.04 Å². The Morgan fingerprint density at radius 3 is 2.56 bits per heavy atom. The molecule has 2 atom stereocenters. The highest BCUT2D eigenvalue weighted by Crippen LogP contribution is 2.38. The number of nitrogens with two attached hydrogens (primary N) is 1. The summed E-state index contributed by atoms with van der Waals surface area (Å²) in [6.45, 7) is 4.51. The standard InChI is InChI=1S/C15H23N/c1-3-11(4-2)15(16)10-13-9-12-7-5-6-8-14(12)13/h5-8,11,13,15H,3-4,9-10,16H2,1-2H3. The Morgan fingerprint density at radius 2 is 1.94 bits per heavy atom. The van der Waals surface area contributed by atoms with Crippen LogP contribution in [0.2, 0.25) is 0 Å². The van der Waals surface area contributed by atoms with Crippen LogP contribution >= 0.6 is 0 Å². The molecule has 1 aliphatic rings. The monoisotopic (exact) mass is 217 g/mol. The van der Waals surface area contributed by atoms with Gasteiger partial charge in [-0.15, -0.1) is 0 Å². The fourth-order valence-electron chi connectivity index (χ4n) is 2.99. The Hall–Kier alpha value is -0.820. The average Bonchev–Trinajstić information content (AvgIpc) is 2.27. The van der Waals surface area contributed by atoms with Gasteiger partial charge in [-0.1, -0.05) is 51.0 Å². The van der Waals surface area contributed by atoms with E-state index in [0.29, 0.717) is 12.0 Å². The van der Waals surface area contributed by atoms with Gasteiger partial charge in [0, 0.05) is 6.04 Å². The highest BCUT2D eigenvalue weighted by molar-refractivity contribution is 5.39. The fraction of sp³-hybridized carbons (Fsp3) is 0.600. The minimum absolute atomic E-state index is 0.383. The Balaban J connectivity index is 1.93. The first-order chi connectivity index (χ1) is 7.76. The van der Waals surface area contributed by atoms with E-state index in [1.165, 1.54) is 31.2 Å². The van der Waals surface area contributed by atoms with Crippen LogP contribution in [0.4, 0.5) is 0 Å². The molecule has 0 saturated carbocycles. The van der Waals surface area contributed by atoms with Crippen molar-refractivity contribution in [2.45, 2.75) is 51.5 Å². The third-order valence-corrected chi connectivity index (χ3v) is 4.17. The molecule has 88 valence electrons. The van der Waals surface area contributed by atoms with Crippen molar-refractivity contribution in [2.75, 3.05) is 0 Å². The quantitative estimate of drug-likeness (QED) is 0.803. The minimum atomic E-state index is 0.383. The Morgan fingerprint density at radius 1 is 1.25 bits per heavy atom. The molecule has 1 aromatic carbocycles. The first-order valence-corrected chi connectivity index (χ1v) is 6.59. The van der Waals surface area contributed by atoms with Crippen molar-refractivity contribution in [1.82, 2.24) is 0 Å². The fourth-order valence-corrected chi connectivity index (χ4v) is 2.99. The Kier molecular flexibility index (Phi) is 3.65. The van der Waals surface area contributed by atoms with Gasteiger partial charge in [-0.25, -0.2) is 0 Å². The second-order valence-corrected chi connectivity index (χ2v) is 5.08. The van der Waals surface area contributed by atoms with Crippen LogP contribution in [-0.2, 0) is 6.42 Å². The summed E-state index contributed by atoms with van der Waals surface area (Å²) in [6.07, 6.45) is 4.84. The van der Waals surface area contributed by atoms with Gasteiger partial charge in [0.05, 0.1) is 0 Å². The second kappa shape index (κ2) is 5.01. The molecule has 0 bridgehead atoms. The molecule has 2 N–H and O–H groups in total. The SMILES string of the molecule is CCC(CC)C(N)CC1Cc2ccccc21. The van der Waals surface area contributed by atoms with Crippen LogP contribution in [0.3, 0.4) is 0 Å². The molecular formula is C15H23N. The highest BCUT2D eigenvalue weighted by atomic mass is 14.7. The lowest BCUT2D eigenvalue weighted by Crippen LogP contribution is -2.33.